The minimum atomic E-state index is -3.92. The van der Waals surface area contributed by atoms with Crippen molar-refractivity contribution in [1.29, 1.82) is 0 Å². The van der Waals surface area contributed by atoms with E-state index in [1.807, 2.05) is 0 Å². The quantitative estimate of drug-likeness (QED) is 0.786. The lowest BCUT2D eigenvalue weighted by atomic mass is 9.93. The van der Waals surface area contributed by atoms with E-state index in [0.29, 0.717) is 17.3 Å². The average Bonchev–Trinajstić information content (AvgIpc) is 2.36. The van der Waals surface area contributed by atoms with Crippen molar-refractivity contribution in [3.05, 3.63) is 27.4 Å². The van der Waals surface area contributed by atoms with Gasteiger partial charge in [-0.1, -0.05) is 11.6 Å². The maximum absolute atomic E-state index is 13.8. The molecule has 0 spiro atoms. The summed E-state index contributed by atoms with van der Waals surface area (Å²) in [5, 5.41) is 0.150. The van der Waals surface area contributed by atoms with Crippen LogP contribution in [0.4, 0.5) is 4.39 Å². The third-order valence-corrected chi connectivity index (χ3v) is 6.09. The predicted octanol–water partition coefficient (Wildman–Crippen LogP) is 2.79. The molecular formula is C12H15BrClFN2O2S. The van der Waals surface area contributed by atoms with Gasteiger partial charge >= 0.3 is 0 Å². The first kappa shape index (κ1) is 16.2. The van der Waals surface area contributed by atoms with Gasteiger partial charge < -0.3 is 5.73 Å². The lowest BCUT2D eigenvalue weighted by Crippen LogP contribution is -2.40. The van der Waals surface area contributed by atoms with E-state index >= 15 is 0 Å². The first-order valence-corrected chi connectivity index (χ1v) is 8.87. The number of halogens is 3. The Bertz CT molecular complexity index is 604. The van der Waals surface area contributed by atoms with Gasteiger partial charge in [-0.25, -0.2) is 17.5 Å². The summed E-state index contributed by atoms with van der Waals surface area (Å²) in [7, 11) is -3.92. The van der Waals surface area contributed by atoms with Gasteiger partial charge in [-0.05, 0) is 53.7 Å². The van der Waals surface area contributed by atoms with Gasteiger partial charge in [0.05, 0.1) is 5.02 Å². The van der Waals surface area contributed by atoms with Crippen LogP contribution in [0.5, 0.6) is 0 Å². The van der Waals surface area contributed by atoms with Gasteiger partial charge in [-0.2, -0.15) is 0 Å². The molecule has 3 N–H and O–H groups in total. The molecule has 0 heterocycles. The molecule has 1 fully saturated rings. The normalized spacial score (nSPS) is 23.8. The van der Waals surface area contributed by atoms with Crippen LogP contribution in [-0.4, -0.2) is 20.5 Å². The van der Waals surface area contributed by atoms with Crippen molar-refractivity contribution in [1.82, 2.24) is 4.72 Å². The van der Waals surface area contributed by atoms with Crippen LogP contribution in [0.3, 0.4) is 0 Å². The van der Waals surface area contributed by atoms with Crippen molar-refractivity contribution < 1.29 is 12.8 Å². The summed E-state index contributed by atoms with van der Waals surface area (Å²) >= 11 is 8.88. The molecule has 20 heavy (non-hydrogen) atoms. The Kier molecular flexibility index (Phi) is 5.07. The highest BCUT2D eigenvalue weighted by molar-refractivity contribution is 9.10. The fourth-order valence-electron chi connectivity index (χ4n) is 2.23. The van der Waals surface area contributed by atoms with Crippen molar-refractivity contribution in [2.24, 2.45) is 5.73 Å². The number of nitrogens with two attached hydrogens (primary N) is 1. The lowest BCUT2D eigenvalue weighted by molar-refractivity contribution is 0.373. The number of hydrogen-bond donors (Lipinski definition) is 2. The third-order valence-electron chi connectivity index (χ3n) is 3.36. The van der Waals surface area contributed by atoms with Crippen molar-refractivity contribution >= 4 is 37.6 Å². The number of benzene rings is 1. The Balaban J connectivity index is 2.20. The molecule has 112 valence electrons. The zero-order chi connectivity index (χ0) is 14.9. The van der Waals surface area contributed by atoms with E-state index in [1.54, 1.807) is 0 Å². The molecule has 4 nitrogen and oxygen atoms in total. The Morgan fingerprint density at radius 2 is 1.90 bits per heavy atom. The standard InChI is InChI=1S/C12H15BrClFN2O2S/c13-9-5-11(15)12(6-10(9)14)20(18,19)17-8-3-1-7(16)2-4-8/h5-8,17H,1-4,16H2. The maximum Gasteiger partial charge on any atom is 0.243 e. The highest BCUT2D eigenvalue weighted by Crippen LogP contribution is 2.28. The SMILES string of the molecule is NC1CCC(NS(=O)(=O)c2cc(Cl)c(Br)cc2F)CC1. The lowest BCUT2D eigenvalue weighted by Gasteiger charge is -2.26. The predicted molar refractivity (Wildman–Crippen MR) is 79.7 cm³/mol. The van der Waals surface area contributed by atoms with Crippen LogP contribution in [0, 0.1) is 5.82 Å². The Morgan fingerprint density at radius 3 is 2.50 bits per heavy atom. The topological polar surface area (TPSA) is 72.2 Å². The van der Waals surface area contributed by atoms with E-state index in [-0.39, 0.29) is 17.1 Å². The first-order chi connectivity index (χ1) is 9.29. The maximum atomic E-state index is 13.8. The van der Waals surface area contributed by atoms with E-state index in [1.165, 1.54) is 0 Å². The summed E-state index contributed by atoms with van der Waals surface area (Å²) in [5.74, 6) is -0.832. The van der Waals surface area contributed by atoms with Gasteiger partial charge in [-0.3, -0.25) is 0 Å². The van der Waals surface area contributed by atoms with Crippen molar-refractivity contribution in [3.8, 4) is 0 Å². The summed E-state index contributed by atoms with van der Waals surface area (Å²) in [4.78, 5) is -0.430. The largest absolute Gasteiger partial charge is 0.328 e. The fraction of sp³-hybridized carbons (Fsp3) is 0.500. The summed E-state index contributed by atoms with van der Waals surface area (Å²) in [6, 6.07) is 2.07. The minimum Gasteiger partial charge on any atom is -0.328 e. The number of sulfonamides is 1. The molecule has 1 aliphatic carbocycles. The average molecular weight is 386 g/mol. The van der Waals surface area contributed by atoms with Crippen molar-refractivity contribution in [3.63, 3.8) is 0 Å². The molecule has 1 aromatic rings. The fourth-order valence-corrected chi connectivity index (χ4v) is 4.16. The summed E-state index contributed by atoms with van der Waals surface area (Å²) in [6.07, 6.45) is 2.84. The van der Waals surface area contributed by atoms with Gasteiger partial charge in [0.15, 0.2) is 0 Å². The smallest absolute Gasteiger partial charge is 0.243 e. The van der Waals surface area contributed by atoms with E-state index in [0.717, 1.165) is 25.0 Å². The summed E-state index contributed by atoms with van der Waals surface area (Å²) < 4.78 is 41.1. The second kappa shape index (κ2) is 6.27. The third kappa shape index (κ3) is 3.71. The molecule has 0 atom stereocenters. The minimum absolute atomic E-state index is 0.120. The van der Waals surface area contributed by atoms with Crippen LogP contribution >= 0.6 is 27.5 Å². The Hall–Kier alpha value is -0.210. The van der Waals surface area contributed by atoms with Gasteiger partial charge in [-0.15, -0.1) is 0 Å². The Labute approximate surface area is 131 Å². The molecule has 2 rings (SSSR count). The monoisotopic (exact) mass is 384 g/mol. The second-order valence-electron chi connectivity index (χ2n) is 4.93. The second-order valence-corrected chi connectivity index (χ2v) is 7.87. The van der Waals surface area contributed by atoms with Crippen LogP contribution in [0.2, 0.25) is 5.02 Å². The highest BCUT2D eigenvalue weighted by atomic mass is 79.9. The summed E-state index contributed by atoms with van der Waals surface area (Å²) in [6.45, 7) is 0. The number of rotatable bonds is 3. The molecular weight excluding hydrogens is 371 g/mol. The van der Waals surface area contributed by atoms with Crippen LogP contribution in [0.1, 0.15) is 25.7 Å². The Morgan fingerprint density at radius 1 is 1.30 bits per heavy atom. The van der Waals surface area contributed by atoms with Gasteiger partial charge in [0, 0.05) is 16.6 Å². The van der Waals surface area contributed by atoms with Crippen molar-refractivity contribution in [2.75, 3.05) is 0 Å². The molecule has 1 aromatic carbocycles. The van der Waals surface area contributed by atoms with Crippen molar-refractivity contribution in [2.45, 2.75) is 42.7 Å². The molecule has 0 aliphatic heterocycles. The van der Waals surface area contributed by atoms with Crippen LogP contribution < -0.4 is 10.5 Å². The van der Waals surface area contributed by atoms with Crippen LogP contribution in [0.25, 0.3) is 0 Å². The van der Waals surface area contributed by atoms with E-state index < -0.39 is 20.7 Å². The van der Waals surface area contributed by atoms with Gasteiger partial charge in [0.2, 0.25) is 10.0 Å². The van der Waals surface area contributed by atoms with Gasteiger partial charge in [0.25, 0.3) is 0 Å². The van der Waals surface area contributed by atoms with Crippen LogP contribution in [0.15, 0.2) is 21.5 Å². The summed E-state index contributed by atoms with van der Waals surface area (Å²) in [5.41, 5.74) is 5.77. The molecule has 0 bridgehead atoms. The highest BCUT2D eigenvalue weighted by Gasteiger charge is 2.27. The molecule has 0 radical (unpaired) electrons. The molecule has 8 heteroatoms. The molecule has 0 aromatic heterocycles. The van der Waals surface area contributed by atoms with E-state index in [9.17, 15) is 12.8 Å². The molecule has 0 amide bonds. The zero-order valence-corrected chi connectivity index (χ0v) is 13.7. The van der Waals surface area contributed by atoms with Crippen LogP contribution in [-0.2, 0) is 10.0 Å². The zero-order valence-electron chi connectivity index (χ0n) is 10.6. The molecule has 1 aliphatic rings. The molecule has 0 unspecified atom stereocenters. The van der Waals surface area contributed by atoms with Gasteiger partial charge in [0.1, 0.15) is 10.7 Å². The van der Waals surface area contributed by atoms with E-state index in [2.05, 4.69) is 20.7 Å². The van der Waals surface area contributed by atoms with E-state index in [4.69, 9.17) is 17.3 Å². The number of hydrogen-bond acceptors (Lipinski definition) is 3. The first-order valence-electron chi connectivity index (χ1n) is 6.22. The molecule has 0 saturated heterocycles. The number of nitrogens with one attached hydrogen (secondary N) is 1. The molecule has 1 saturated carbocycles.